The number of rotatable bonds is 2. The van der Waals surface area contributed by atoms with Gasteiger partial charge in [-0.2, -0.15) is 0 Å². The molecule has 1 saturated heterocycles. The van der Waals surface area contributed by atoms with Gasteiger partial charge in [0.25, 0.3) is 5.56 Å². The third kappa shape index (κ3) is 2.80. The Morgan fingerprint density at radius 2 is 2.27 bits per heavy atom. The average Bonchev–Trinajstić information content (AvgIpc) is 2.53. The number of halogens is 1. The summed E-state index contributed by atoms with van der Waals surface area (Å²) in [5.41, 5.74) is 6.36. The summed E-state index contributed by atoms with van der Waals surface area (Å²) in [6.07, 6.45) is 3.54. The molecule has 0 spiro atoms. The van der Waals surface area contributed by atoms with Crippen LogP contribution in [0.3, 0.4) is 0 Å². The van der Waals surface area contributed by atoms with E-state index in [0.717, 1.165) is 19.4 Å². The molecule has 116 valence electrons. The lowest BCUT2D eigenvalue weighted by Crippen LogP contribution is -2.37. The second-order valence-corrected chi connectivity index (χ2v) is 5.82. The van der Waals surface area contributed by atoms with Crippen LogP contribution in [0.1, 0.15) is 18.9 Å². The van der Waals surface area contributed by atoms with Gasteiger partial charge >= 0.3 is 0 Å². The molecule has 4 N–H and O–H groups in total. The van der Waals surface area contributed by atoms with Gasteiger partial charge in [0.05, 0.1) is 5.69 Å². The number of nitrogens with two attached hydrogens (primary N) is 1. The Labute approximate surface area is 132 Å². The first-order valence-corrected chi connectivity index (χ1v) is 7.52. The van der Waals surface area contributed by atoms with Crippen LogP contribution in [-0.2, 0) is 0 Å². The molecule has 22 heavy (non-hydrogen) atoms. The van der Waals surface area contributed by atoms with Gasteiger partial charge in [0.1, 0.15) is 5.75 Å². The molecule has 1 aromatic carbocycles. The SMILES string of the molecule is Nc1nc(-c2cc(Cl)ccc2O)cn(C2CCCNC2)c1=O. The summed E-state index contributed by atoms with van der Waals surface area (Å²) >= 11 is 5.98. The van der Waals surface area contributed by atoms with Crippen molar-refractivity contribution < 1.29 is 5.11 Å². The number of hydrogen-bond donors (Lipinski definition) is 3. The average molecular weight is 321 g/mol. The number of nitrogen functional groups attached to an aromatic ring is 1. The Balaban J connectivity index is 2.11. The zero-order valence-corrected chi connectivity index (χ0v) is 12.7. The van der Waals surface area contributed by atoms with Crippen molar-refractivity contribution in [3.05, 3.63) is 39.8 Å². The largest absolute Gasteiger partial charge is 0.507 e. The number of phenols is 1. The highest BCUT2D eigenvalue weighted by molar-refractivity contribution is 6.30. The molecular formula is C15H17ClN4O2. The summed E-state index contributed by atoms with van der Waals surface area (Å²) in [6, 6.07) is 4.72. The molecule has 6 nitrogen and oxygen atoms in total. The molecule has 3 rings (SSSR count). The minimum atomic E-state index is -0.307. The van der Waals surface area contributed by atoms with Crippen molar-refractivity contribution >= 4 is 17.4 Å². The minimum absolute atomic E-state index is 0.0339. The van der Waals surface area contributed by atoms with Crippen LogP contribution in [0.25, 0.3) is 11.3 Å². The van der Waals surface area contributed by atoms with E-state index in [9.17, 15) is 9.90 Å². The minimum Gasteiger partial charge on any atom is -0.507 e. The van der Waals surface area contributed by atoms with Crippen LogP contribution in [0.15, 0.2) is 29.2 Å². The number of nitrogens with zero attached hydrogens (tertiary/aromatic N) is 2. The number of nitrogens with one attached hydrogen (secondary N) is 1. The van der Waals surface area contributed by atoms with E-state index in [0.29, 0.717) is 22.8 Å². The summed E-state index contributed by atoms with van der Waals surface area (Å²) in [5, 5.41) is 13.8. The van der Waals surface area contributed by atoms with E-state index in [1.807, 2.05) is 0 Å². The molecule has 0 aliphatic carbocycles. The second kappa shape index (κ2) is 5.98. The molecule has 0 bridgehead atoms. The predicted molar refractivity (Wildman–Crippen MR) is 86.2 cm³/mol. The van der Waals surface area contributed by atoms with Gasteiger partial charge < -0.3 is 20.7 Å². The Hall–Kier alpha value is -2.05. The van der Waals surface area contributed by atoms with E-state index in [1.165, 1.54) is 6.07 Å². The van der Waals surface area contributed by atoms with E-state index >= 15 is 0 Å². The lowest BCUT2D eigenvalue weighted by atomic mass is 10.1. The van der Waals surface area contributed by atoms with Crippen molar-refractivity contribution in [2.24, 2.45) is 0 Å². The second-order valence-electron chi connectivity index (χ2n) is 5.39. The Morgan fingerprint density at radius 3 is 3.00 bits per heavy atom. The molecule has 1 unspecified atom stereocenters. The smallest absolute Gasteiger partial charge is 0.293 e. The highest BCUT2D eigenvalue weighted by Crippen LogP contribution is 2.31. The van der Waals surface area contributed by atoms with Crippen molar-refractivity contribution in [2.45, 2.75) is 18.9 Å². The van der Waals surface area contributed by atoms with Gasteiger partial charge in [0, 0.05) is 29.4 Å². The summed E-state index contributed by atoms with van der Waals surface area (Å²) in [4.78, 5) is 16.4. The maximum Gasteiger partial charge on any atom is 0.293 e. The highest BCUT2D eigenvalue weighted by Gasteiger charge is 2.19. The van der Waals surface area contributed by atoms with Crippen molar-refractivity contribution in [2.75, 3.05) is 18.8 Å². The quantitative estimate of drug-likeness (QED) is 0.784. The van der Waals surface area contributed by atoms with Crippen LogP contribution >= 0.6 is 11.6 Å². The lowest BCUT2D eigenvalue weighted by Gasteiger charge is -2.25. The number of aromatic nitrogens is 2. The van der Waals surface area contributed by atoms with E-state index in [1.54, 1.807) is 22.9 Å². The van der Waals surface area contributed by atoms with Gasteiger partial charge in [-0.3, -0.25) is 4.79 Å². The first-order chi connectivity index (χ1) is 10.6. The first-order valence-electron chi connectivity index (χ1n) is 7.14. The van der Waals surface area contributed by atoms with Crippen molar-refractivity contribution in [1.82, 2.24) is 14.9 Å². The number of benzene rings is 1. The van der Waals surface area contributed by atoms with Gasteiger partial charge in [-0.15, -0.1) is 0 Å². The van der Waals surface area contributed by atoms with E-state index < -0.39 is 0 Å². The highest BCUT2D eigenvalue weighted by atomic mass is 35.5. The summed E-state index contributed by atoms with van der Waals surface area (Å²) < 4.78 is 1.60. The molecule has 1 atom stereocenters. The molecule has 1 aliphatic heterocycles. The van der Waals surface area contributed by atoms with E-state index in [2.05, 4.69) is 10.3 Å². The third-order valence-corrected chi connectivity index (χ3v) is 4.09. The number of phenolic OH excluding ortho intramolecular Hbond substituents is 1. The van der Waals surface area contributed by atoms with Crippen LogP contribution in [0, 0.1) is 0 Å². The van der Waals surface area contributed by atoms with Gasteiger partial charge in [-0.1, -0.05) is 11.6 Å². The number of anilines is 1. The lowest BCUT2D eigenvalue weighted by molar-refractivity contribution is 0.364. The Kier molecular flexibility index (Phi) is 4.04. The molecule has 1 aliphatic rings. The van der Waals surface area contributed by atoms with Crippen LogP contribution in [0.4, 0.5) is 5.82 Å². The van der Waals surface area contributed by atoms with Crippen LogP contribution in [0.5, 0.6) is 5.75 Å². The number of aromatic hydroxyl groups is 1. The maximum absolute atomic E-state index is 12.3. The maximum atomic E-state index is 12.3. The number of hydrogen-bond acceptors (Lipinski definition) is 5. The van der Waals surface area contributed by atoms with Gasteiger partial charge in [0.15, 0.2) is 5.82 Å². The zero-order chi connectivity index (χ0) is 15.7. The summed E-state index contributed by atoms with van der Waals surface area (Å²) in [6.45, 7) is 1.66. The van der Waals surface area contributed by atoms with Crippen LogP contribution in [-0.4, -0.2) is 27.7 Å². The molecule has 1 aromatic heterocycles. The monoisotopic (exact) mass is 320 g/mol. The van der Waals surface area contributed by atoms with Gasteiger partial charge in [-0.05, 0) is 37.6 Å². The molecule has 2 aromatic rings. The normalized spacial score (nSPS) is 18.3. The first kappa shape index (κ1) is 14.9. The van der Waals surface area contributed by atoms with Crippen molar-refractivity contribution in [3.63, 3.8) is 0 Å². The topological polar surface area (TPSA) is 93.2 Å². The third-order valence-electron chi connectivity index (χ3n) is 3.85. The summed E-state index contributed by atoms with van der Waals surface area (Å²) in [7, 11) is 0. The molecule has 1 fully saturated rings. The van der Waals surface area contributed by atoms with Crippen molar-refractivity contribution in [1.29, 1.82) is 0 Å². The van der Waals surface area contributed by atoms with Crippen LogP contribution < -0.4 is 16.6 Å². The fourth-order valence-electron chi connectivity index (χ4n) is 2.71. The zero-order valence-electron chi connectivity index (χ0n) is 11.9. The molecule has 0 radical (unpaired) electrons. The molecular weight excluding hydrogens is 304 g/mol. The van der Waals surface area contributed by atoms with Gasteiger partial charge in [-0.25, -0.2) is 4.98 Å². The predicted octanol–water partition coefficient (Wildman–Crippen LogP) is 1.78. The van der Waals surface area contributed by atoms with Crippen molar-refractivity contribution in [3.8, 4) is 17.0 Å². The van der Waals surface area contributed by atoms with E-state index in [-0.39, 0.29) is 23.2 Å². The van der Waals surface area contributed by atoms with Gasteiger partial charge in [0.2, 0.25) is 0 Å². The molecule has 0 amide bonds. The fraction of sp³-hybridized carbons (Fsp3) is 0.333. The fourth-order valence-corrected chi connectivity index (χ4v) is 2.89. The number of piperidine rings is 1. The van der Waals surface area contributed by atoms with E-state index in [4.69, 9.17) is 17.3 Å². The summed E-state index contributed by atoms with van der Waals surface area (Å²) in [5.74, 6) is -0.0364. The molecule has 7 heteroatoms. The Morgan fingerprint density at radius 1 is 1.45 bits per heavy atom. The molecule has 0 saturated carbocycles. The van der Waals surface area contributed by atoms with Crippen LogP contribution in [0.2, 0.25) is 5.02 Å². The molecule has 2 heterocycles. The Bertz CT molecular complexity index is 754. The standard InChI is InChI=1S/C15H17ClN4O2/c16-9-3-4-13(21)11(6-9)12-8-20(15(22)14(17)19-12)10-2-1-5-18-7-10/h3-4,6,8,10,18,21H,1-2,5,7H2,(H2,17,19).